The highest BCUT2D eigenvalue weighted by molar-refractivity contribution is 7.92. The maximum atomic E-state index is 13.3. The monoisotopic (exact) mass is 473 g/mol. The van der Waals surface area contributed by atoms with Crippen LogP contribution in [0.15, 0.2) is 71.6 Å². The van der Waals surface area contributed by atoms with E-state index in [0.717, 1.165) is 28.6 Å². The van der Waals surface area contributed by atoms with E-state index in [0.29, 0.717) is 11.3 Å². The number of sulfonamides is 1. The highest BCUT2D eigenvalue weighted by Gasteiger charge is 2.27. The molecular formula is C22H20FN3O6S. The van der Waals surface area contributed by atoms with Gasteiger partial charge in [-0.25, -0.2) is 12.8 Å². The van der Waals surface area contributed by atoms with Crippen LogP contribution in [0.1, 0.15) is 5.56 Å². The molecule has 3 rings (SSSR count). The van der Waals surface area contributed by atoms with Gasteiger partial charge in [-0.2, -0.15) is 0 Å². The van der Waals surface area contributed by atoms with Crippen LogP contribution >= 0.6 is 0 Å². The summed E-state index contributed by atoms with van der Waals surface area (Å²) in [7, 11) is -2.80. The zero-order valence-electron chi connectivity index (χ0n) is 17.7. The van der Waals surface area contributed by atoms with E-state index in [1.54, 1.807) is 6.92 Å². The molecule has 0 aliphatic heterocycles. The van der Waals surface area contributed by atoms with Crippen molar-refractivity contribution in [2.24, 2.45) is 0 Å². The number of non-ortho nitro benzene ring substituents is 1. The van der Waals surface area contributed by atoms with Crippen LogP contribution in [0.3, 0.4) is 0 Å². The zero-order chi connectivity index (χ0) is 24.2. The summed E-state index contributed by atoms with van der Waals surface area (Å²) in [5.74, 6) is -0.849. The van der Waals surface area contributed by atoms with Crippen LogP contribution in [0.2, 0.25) is 0 Å². The summed E-state index contributed by atoms with van der Waals surface area (Å²) in [6, 6.07) is 14.2. The van der Waals surface area contributed by atoms with Crippen molar-refractivity contribution in [3.63, 3.8) is 0 Å². The van der Waals surface area contributed by atoms with Crippen molar-refractivity contribution in [3.8, 4) is 5.75 Å². The molecule has 0 aromatic heterocycles. The minimum absolute atomic E-state index is 0.172. The molecule has 0 radical (unpaired) electrons. The molecule has 0 spiro atoms. The first-order valence-corrected chi connectivity index (χ1v) is 11.0. The van der Waals surface area contributed by atoms with E-state index < -0.39 is 33.2 Å². The lowest BCUT2D eigenvalue weighted by atomic mass is 10.2. The van der Waals surface area contributed by atoms with Crippen molar-refractivity contribution in [1.82, 2.24) is 0 Å². The lowest BCUT2D eigenvalue weighted by molar-refractivity contribution is -0.384. The SMILES string of the molecule is COc1ccc(N(CC(=O)Nc2cc([N+](=O)[O-])ccc2C)S(=O)(=O)c2ccc(F)cc2)cc1. The van der Waals surface area contributed by atoms with Crippen LogP contribution in [-0.4, -0.2) is 32.9 Å². The summed E-state index contributed by atoms with van der Waals surface area (Å²) in [6.45, 7) is 1.02. The van der Waals surface area contributed by atoms with Gasteiger partial charge in [0.25, 0.3) is 15.7 Å². The molecular weight excluding hydrogens is 453 g/mol. The van der Waals surface area contributed by atoms with Crippen molar-refractivity contribution < 1.29 is 27.3 Å². The summed E-state index contributed by atoms with van der Waals surface area (Å²) >= 11 is 0. The van der Waals surface area contributed by atoms with Gasteiger partial charge in [0.15, 0.2) is 0 Å². The standard InChI is InChI=1S/C22H20FN3O6S/c1-15-3-6-18(26(28)29)13-21(15)24-22(27)14-25(17-7-9-19(32-2)10-8-17)33(30,31)20-11-4-16(23)5-12-20/h3-13H,14H2,1-2H3,(H,24,27). The molecule has 3 aromatic rings. The van der Waals surface area contributed by atoms with Crippen molar-refractivity contribution >= 4 is 33.0 Å². The van der Waals surface area contributed by atoms with E-state index in [1.807, 2.05) is 0 Å². The van der Waals surface area contributed by atoms with Gasteiger partial charge in [0.2, 0.25) is 5.91 Å². The van der Waals surface area contributed by atoms with E-state index in [9.17, 15) is 27.7 Å². The minimum atomic E-state index is -4.25. The number of hydrogen-bond acceptors (Lipinski definition) is 6. The number of aryl methyl sites for hydroxylation is 1. The van der Waals surface area contributed by atoms with Crippen molar-refractivity contribution in [2.45, 2.75) is 11.8 Å². The molecule has 0 aliphatic carbocycles. The molecule has 0 saturated heterocycles. The Morgan fingerprint density at radius 1 is 1.09 bits per heavy atom. The van der Waals surface area contributed by atoms with Crippen LogP contribution in [0.25, 0.3) is 0 Å². The van der Waals surface area contributed by atoms with Crippen LogP contribution < -0.4 is 14.4 Å². The highest BCUT2D eigenvalue weighted by atomic mass is 32.2. The molecule has 33 heavy (non-hydrogen) atoms. The Hall–Kier alpha value is -3.99. The fourth-order valence-electron chi connectivity index (χ4n) is 2.98. The molecule has 11 heteroatoms. The molecule has 0 atom stereocenters. The Balaban J connectivity index is 1.96. The molecule has 9 nitrogen and oxygen atoms in total. The lowest BCUT2D eigenvalue weighted by Gasteiger charge is -2.24. The fourth-order valence-corrected chi connectivity index (χ4v) is 4.40. The predicted molar refractivity (Wildman–Crippen MR) is 120 cm³/mol. The Labute approximate surface area is 189 Å². The third-order valence-corrected chi connectivity index (χ3v) is 6.54. The number of halogens is 1. The van der Waals surface area contributed by atoms with Gasteiger partial charge < -0.3 is 10.1 Å². The van der Waals surface area contributed by atoms with E-state index in [2.05, 4.69) is 5.32 Å². The third kappa shape index (κ3) is 5.44. The first kappa shape index (κ1) is 23.7. The number of anilines is 2. The average molecular weight is 473 g/mol. The molecule has 0 heterocycles. The number of nitro groups is 1. The first-order valence-electron chi connectivity index (χ1n) is 9.59. The fraction of sp³-hybridized carbons (Fsp3) is 0.136. The first-order chi connectivity index (χ1) is 15.6. The summed E-state index contributed by atoms with van der Waals surface area (Å²) in [5, 5.41) is 13.6. The van der Waals surface area contributed by atoms with Crippen LogP contribution in [0.4, 0.5) is 21.5 Å². The summed E-state index contributed by atoms with van der Waals surface area (Å²) in [5.41, 5.74) is 0.697. The Bertz CT molecular complexity index is 1280. The number of hydrogen-bond donors (Lipinski definition) is 1. The molecule has 0 unspecified atom stereocenters. The van der Waals surface area contributed by atoms with Gasteiger partial charge in [0.05, 0.1) is 28.3 Å². The number of carbonyl (C=O) groups is 1. The number of ether oxygens (including phenoxy) is 1. The van der Waals surface area contributed by atoms with E-state index >= 15 is 0 Å². The number of nitrogens with one attached hydrogen (secondary N) is 1. The van der Waals surface area contributed by atoms with Gasteiger partial charge in [-0.1, -0.05) is 6.07 Å². The predicted octanol–water partition coefficient (Wildman–Crippen LogP) is 3.88. The van der Waals surface area contributed by atoms with Gasteiger partial charge in [-0.05, 0) is 61.0 Å². The number of nitro benzene ring substituents is 1. The second-order valence-electron chi connectivity index (χ2n) is 6.97. The van der Waals surface area contributed by atoms with Crippen molar-refractivity contribution in [2.75, 3.05) is 23.3 Å². The lowest BCUT2D eigenvalue weighted by Crippen LogP contribution is -2.38. The second kappa shape index (κ2) is 9.65. The molecule has 0 fully saturated rings. The Morgan fingerprint density at radius 3 is 2.30 bits per heavy atom. The molecule has 3 aromatic carbocycles. The third-order valence-electron chi connectivity index (χ3n) is 4.76. The van der Waals surface area contributed by atoms with Gasteiger partial charge >= 0.3 is 0 Å². The quantitative estimate of drug-likeness (QED) is 0.392. The van der Waals surface area contributed by atoms with Crippen LogP contribution in [-0.2, 0) is 14.8 Å². The van der Waals surface area contributed by atoms with Gasteiger partial charge in [0, 0.05) is 12.1 Å². The van der Waals surface area contributed by atoms with E-state index in [1.165, 1.54) is 49.6 Å². The average Bonchev–Trinajstić information content (AvgIpc) is 2.79. The topological polar surface area (TPSA) is 119 Å². The number of carbonyl (C=O) groups excluding carboxylic acids is 1. The molecule has 0 bridgehead atoms. The van der Waals surface area contributed by atoms with Gasteiger partial charge in [0.1, 0.15) is 18.1 Å². The van der Waals surface area contributed by atoms with Crippen molar-refractivity contribution in [3.05, 3.63) is 88.2 Å². The van der Waals surface area contributed by atoms with Crippen LogP contribution in [0.5, 0.6) is 5.75 Å². The minimum Gasteiger partial charge on any atom is -0.497 e. The molecule has 1 amide bonds. The van der Waals surface area contributed by atoms with E-state index in [-0.39, 0.29) is 22.0 Å². The Kier molecular flexibility index (Phi) is 6.92. The second-order valence-corrected chi connectivity index (χ2v) is 8.83. The zero-order valence-corrected chi connectivity index (χ0v) is 18.5. The number of rotatable bonds is 8. The normalized spacial score (nSPS) is 11.0. The van der Waals surface area contributed by atoms with Crippen LogP contribution in [0, 0.1) is 22.9 Å². The van der Waals surface area contributed by atoms with Crippen molar-refractivity contribution in [1.29, 1.82) is 0 Å². The summed E-state index contributed by atoms with van der Waals surface area (Å²) in [6.07, 6.45) is 0. The summed E-state index contributed by atoms with van der Waals surface area (Å²) in [4.78, 5) is 23.1. The smallest absolute Gasteiger partial charge is 0.271 e. The maximum Gasteiger partial charge on any atom is 0.271 e. The molecule has 172 valence electrons. The highest BCUT2D eigenvalue weighted by Crippen LogP contribution is 2.27. The number of nitrogens with zero attached hydrogens (tertiary/aromatic N) is 2. The molecule has 1 N–H and O–H groups in total. The molecule has 0 saturated carbocycles. The number of methoxy groups -OCH3 is 1. The number of benzene rings is 3. The van der Waals surface area contributed by atoms with E-state index in [4.69, 9.17) is 4.74 Å². The largest absolute Gasteiger partial charge is 0.497 e. The number of amides is 1. The maximum absolute atomic E-state index is 13.3. The van der Waals surface area contributed by atoms with Gasteiger partial charge in [-0.3, -0.25) is 19.2 Å². The van der Waals surface area contributed by atoms with Gasteiger partial charge in [-0.15, -0.1) is 0 Å². The molecule has 0 aliphatic rings. The summed E-state index contributed by atoms with van der Waals surface area (Å²) < 4.78 is 45.9. The Morgan fingerprint density at radius 2 is 1.73 bits per heavy atom.